The molecule has 6 N–H and O–H groups in total. The lowest BCUT2D eigenvalue weighted by Crippen LogP contribution is -2.34. The van der Waals surface area contributed by atoms with E-state index in [1.54, 1.807) is 12.2 Å². The number of esters is 2. The molecule has 0 aromatic rings. The van der Waals surface area contributed by atoms with Crippen molar-refractivity contribution in [2.45, 2.75) is 173 Å². The number of carbonyl (C=O) groups excluding carboxylic acids is 3. The summed E-state index contributed by atoms with van der Waals surface area (Å²) < 4.78 is 32.6. The van der Waals surface area contributed by atoms with Gasteiger partial charge in [0.05, 0.1) is 25.4 Å². The van der Waals surface area contributed by atoms with Crippen LogP contribution in [0.5, 0.6) is 0 Å². The lowest BCUT2D eigenvalue weighted by molar-refractivity contribution is -0.161. The van der Waals surface area contributed by atoms with E-state index in [2.05, 4.69) is 54.8 Å². The molecule has 1 fully saturated rings. The summed E-state index contributed by atoms with van der Waals surface area (Å²) in [7, 11) is -4.79. The zero-order valence-electron chi connectivity index (χ0n) is 36.7. The number of carboxylic acid groups (broad SMARTS) is 1. The van der Waals surface area contributed by atoms with Crippen LogP contribution in [0.1, 0.15) is 149 Å². The van der Waals surface area contributed by atoms with E-state index < -0.39 is 75.8 Å². The summed E-state index contributed by atoms with van der Waals surface area (Å²) in [5, 5.41) is 29.6. The summed E-state index contributed by atoms with van der Waals surface area (Å²) in [5.41, 5.74) is 5.33. The van der Waals surface area contributed by atoms with Gasteiger partial charge in [-0.1, -0.05) is 120 Å². The van der Waals surface area contributed by atoms with E-state index in [9.17, 15) is 38.8 Å². The first-order valence-corrected chi connectivity index (χ1v) is 23.9. The predicted molar refractivity (Wildman–Crippen MR) is 236 cm³/mol. The molecule has 14 nitrogen and oxygen atoms in total. The minimum Gasteiger partial charge on any atom is -0.480 e. The molecule has 7 atom stereocenters. The summed E-state index contributed by atoms with van der Waals surface area (Å²) in [6.07, 6.45) is 33.6. The summed E-state index contributed by atoms with van der Waals surface area (Å²) in [6.45, 7) is 2.36. The normalized spacial score (nSPS) is 19.7. The van der Waals surface area contributed by atoms with Crippen LogP contribution in [-0.4, -0.2) is 88.1 Å². The van der Waals surface area contributed by atoms with Crippen LogP contribution in [0.15, 0.2) is 60.8 Å². The van der Waals surface area contributed by atoms with Gasteiger partial charge in [-0.2, -0.15) is 0 Å². The van der Waals surface area contributed by atoms with Crippen LogP contribution in [0.3, 0.4) is 0 Å². The number of rotatable bonds is 37. The lowest BCUT2D eigenvalue weighted by atomic mass is 9.90. The third-order valence-electron chi connectivity index (χ3n) is 10.1. The van der Waals surface area contributed by atoms with Gasteiger partial charge in [0.2, 0.25) is 0 Å². The molecule has 0 heterocycles. The van der Waals surface area contributed by atoms with Gasteiger partial charge in [0.25, 0.3) is 0 Å². The molecular weight excluding hydrogens is 805 g/mol. The van der Waals surface area contributed by atoms with Crippen LogP contribution < -0.4 is 5.73 Å². The Morgan fingerprint density at radius 2 is 1.34 bits per heavy atom. The molecule has 61 heavy (non-hydrogen) atoms. The van der Waals surface area contributed by atoms with Gasteiger partial charge in [-0.25, -0.2) is 4.57 Å². The number of phosphoric ester groups is 1. The average molecular weight is 882 g/mol. The Bertz CT molecular complexity index is 1430. The van der Waals surface area contributed by atoms with Gasteiger partial charge in [-0.05, 0) is 70.6 Å². The van der Waals surface area contributed by atoms with Gasteiger partial charge in [-0.15, -0.1) is 0 Å². The quantitative estimate of drug-likeness (QED) is 0.0171. The van der Waals surface area contributed by atoms with Gasteiger partial charge in [0.1, 0.15) is 18.4 Å². The van der Waals surface area contributed by atoms with E-state index in [4.69, 9.17) is 24.8 Å². The van der Waals surface area contributed by atoms with E-state index in [0.717, 1.165) is 64.2 Å². The van der Waals surface area contributed by atoms with E-state index in [0.29, 0.717) is 32.1 Å². The number of hydrogen-bond donors (Lipinski definition) is 5. The number of aliphatic hydroxyl groups excluding tert-OH is 2. The van der Waals surface area contributed by atoms with Crippen LogP contribution in [-0.2, 0) is 42.3 Å². The maximum Gasteiger partial charge on any atom is 0.472 e. The molecule has 0 amide bonds. The first kappa shape index (κ1) is 55.8. The number of nitrogens with two attached hydrogens (primary N) is 1. The molecule has 1 unspecified atom stereocenters. The first-order valence-electron chi connectivity index (χ1n) is 22.4. The molecule has 1 aliphatic rings. The Balaban J connectivity index is 2.52. The summed E-state index contributed by atoms with van der Waals surface area (Å²) >= 11 is 0. The fourth-order valence-corrected chi connectivity index (χ4v) is 7.24. The molecule has 0 bridgehead atoms. The summed E-state index contributed by atoms with van der Waals surface area (Å²) in [6, 6.07) is -1.57. The van der Waals surface area contributed by atoms with E-state index in [1.165, 1.54) is 19.3 Å². The fourth-order valence-electron chi connectivity index (χ4n) is 6.46. The monoisotopic (exact) mass is 882 g/mol. The van der Waals surface area contributed by atoms with Crippen molar-refractivity contribution >= 4 is 31.5 Å². The number of Topliss-reactive ketones (excluding diaryl/α,β-unsaturated/α-hetero) is 1. The molecule has 0 aromatic heterocycles. The van der Waals surface area contributed by atoms with Gasteiger partial charge < -0.3 is 35.4 Å². The number of aliphatic hydroxyl groups is 2. The molecule has 15 heteroatoms. The zero-order valence-corrected chi connectivity index (χ0v) is 37.6. The molecule has 0 aliphatic heterocycles. The maximum atomic E-state index is 12.7. The largest absolute Gasteiger partial charge is 0.480 e. The van der Waals surface area contributed by atoms with Gasteiger partial charge in [0, 0.05) is 31.1 Å². The van der Waals surface area contributed by atoms with Crippen LogP contribution in [0.25, 0.3) is 0 Å². The SMILES string of the molecule is CCCCC/C=C\C/C=C\C/C=C\CCCCCCC(=O)O[C@H](COC(=O)CCC/C=C\C[C@H]1C(=O)C[C@@H](O)[C@@H]1/C=C/[C@@H](O)CCCCC)COP(=O)(O)OC[C@H](N)C(=O)O. The van der Waals surface area contributed by atoms with Gasteiger partial charge in [0.15, 0.2) is 6.10 Å². The summed E-state index contributed by atoms with van der Waals surface area (Å²) in [5.74, 6) is -3.45. The molecule has 348 valence electrons. The number of aliphatic carboxylic acids is 1. The van der Waals surface area contributed by atoms with E-state index in [1.807, 2.05) is 12.2 Å². The third-order valence-corrected chi connectivity index (χ3v) is 11.1. The number of allylic oxidation sites excluding steroid dienone is 8. The Labute approximate surface area is 364 Å². The molecule has 0 aromatic carbocycles. The first-order chi connectivity index (χ1) is 29.3. The van der Waals surface area contributed by atoms with Crippen LogP contribution in [0.4, 0.5) is 0 Å². The Hall–Kier alpha value is -3.23. The van der Waals surface area contributed by atoms with Crippen LogP contribution in [0.2, 0.25) is 0 Å². The zero-order chi connectivity index (χ0) is 45.1. The van der Waals surface area contributed by atoms with Crippen LogP contribution in [0, 0.1) is 11.8 Å². The van der Waals surface area contributed by atoms with Crippen molar-refractivity contribution in [1.29, 1.82) is 0 Å². The molecule has 0 saturated heterocycles. The molecule has 0 spiro atoms. The van der Waals surface area contributed by atoms with Crippen molar-refractivity contribution in [3.63, 3.8) is 0 Å². The van der Waals surface area contributed by atoms with Gasteiger partial charge >= 0.3 is 25.7 Å². The maximum absolute atomic E-state index is 12.7. The van der Waals surface area contributed by atoms with Crippen molar-refractivity contribution in [2.75, 3.05) is 19.8 Å². The number of hydrogen-bond acceptors (Lipinski definition) is 12. The topological polar surface area (TPSA) is 229 Å². The predicted octanol–water partition coefficient (Wildman–Crippen LogP) is 8.54. The number of carbonyl (C=O) groups is 4. The standard InChI is InChI=1S/C46H76NO13P/c1-3-5-7-8-9-10-11-12-13-14-15-16-17-18-19-20-26-30-45(52)60-38(35-58-61(55,56)59-36-41(47)46(53)54)34-57-44(51)29-25-22-21-24-28-39-40(43(50)33-42(39)49)32-31-37(48)27-23-6-4-2/h9-10,12-13,15-16,21,24,31-32,37-41,43,48,50H,3-8,11,14,17-20,22-23,25-30,33-36,47H2,1-2H3,(H,53,54)(H,55,56)/b10-9-,13-12-,16-15-,24-21-,32-31+/t37-,38+,39+,40+,41-,43+/m0/s1. The molecule has 0 radical (unpaired) electrons. The average Bonchev–Trinajstić information content (AvgIpc) is 3.49. The highest BCUT2D eigenvalue weighted by atomic mass is 31.2. The number of ether oxygens (including phenoxy) is 2. The second-order valence-corrected chi connectivity index (χ2v) is 17.1. The number of unbranched alkanes of at least 4 members (excludes halogenated alkanes) is 10. The van der Waals surface area contributed by atoms with E-state index >= 15 is 0 Å². The highest BCUT2D eigenvalue weighted by molar-refractivity contribution is 7.47. The number of ketones is 1. The molecule has 1 rings (SSSR count). The van der Waals surface area contributed by atoms with Crippen molar-refractivity contribution < 1.29 is 62.5 Å². The van der Waals surface area contributed by atoms with Crippen molar-refractivity contribution in [1.82, 2.24) is 0 Å². The van der Waals surface area contributed by atoms with Crippen molar-refractivity contribution in [3.8, 4) is 0 Å². The second-order valence-electron chi connectivity index (χ2n) is 15.6. The molecular formula is C46H76NO13P. The highest BCUT2D eigenvalue weighted by Crippen LogP contribution is 2.43. The summed E-state index contributed by atoms with van der Waals surface area (Å²) in [4.78, 5) is 58.7. The number of carboxylic acids is 1. The lowest BCUT2D eigenvalue weighted by Gasteiger charge is -2.20. The second kappa shape index (κ2) is 35.3. The Kier molecular flexibility index (Phi) is 32.2. The smallest absolute Gasteiger partial charge is 0.472 e. The third kappa shape index (κ3) is 29.7. The van der Waals surface area contributed by atoms with Crippen LogP contribution >= 0.6 is 7.82 Å². The van der Waals surface area contributed by atoms with Gasteiger partial charge in [-0.3, -0.25) is 28.2 Å². The fraction of sp³-hybridized carbons (Fsp3) is 0.696. The molecule has 1 saturated carbocycles. The van der Waals surface area contributed by atoms with Crippen molar-refractivity contribution in [3.05, 3.63) is 60.8 Å². The molecule has 1 aliphatic carbocycles. The highest BCUT2D eigenvalue weighted by Gasteiger charge is 2.39. The minimum absolute atomic E-state index is 0.0195. The van der Waals surface area contributed by atoms with Crippen molar-refractivity contribution in [2.24, 2.45) is 17.6 Å². The minimum atomic E-state index is -4.79. The number of phosphoric acid groups is 1. The Morgan fingerprint density at radius 3 is 2.02 bits per heavy atom. The Morgan fingerprint density at radius 1 is 0.770 bits per heavy atom. The van der Waals surface area contributed by atoms with E-state index in [-0.39, 0.29) is 31.0 Å².